The molecule has 1 aromatic rings. The van der Waals surface area contributed by atoms with E-state index >= 15 is 0 Å². The number of nitrogen functional groups attached to an aromatic ring is 1. The Kier molecular flexibility index (Phi) is 6.03. The number of nitrogens with zero attached hydrogens (tertiary/aromatic N) is 1. The van der Waals surface area contributed by atoms with Crippen LogP contribution in [-0.4, -0.2) is 31.2 Å². The standard InChI is InChI=1S/C12H19N3O2/c1-17-9-4-2-3-8-14-12(16)10-6-5-7-11(13)15-10/h5-7H,2-4,8-9H2,1H3,(H2,13,15)(H,14,16). The van der Waals surface area contributed by atoms with Gasteiger partial charge in [0.05, 0.1) is 0 Å². The fourth-order valence-electron chi connectivity index (χ4n) is 1.42. The molecule has 17 heavy (non-hydrogen) atoms. The summed E-state index contributed by atoms with van der Waals surface area (Å²) in [5.41, 5.74) is 5.86. The maximum Gasteiger partial charge on any atom is 0.269 e. The van der Waals surface area contributed by atoms with E-state index in [1.807, 2.05) is 0 Å². The van der Waals surface area contributed by atoms with E-state index in [1.54, 1.807) is 25.3 Å². The lowest BCUT2D eigenvalue weighted by Crippen LogP contribution is -2.25. The number of nitrogens with one attached hydrogen (secondary N) is 1. The molecular weight excluding hydrogens is 218 g/mol. The molecule has 0 aliphatic heterocycles. The molecule has 0 atom stereocenters. The number of methoxy groups -OCH3 is 1. The molecule has 5 heteroatoms. The summed E-state index contributed by atoms with van der Waals surface area (Å²) in [4.78, 5) is 15.6. The van der Waals surface area contributed by atoms with Crippen LogP contribution in [0.25, 0.3) is 0 Å². The number of nitrogens with two attached hydrogens (primary N) is 1. The molecular formula is C12H19N3O2. The van der Waals surface area contributed by atoms with Crippen molar-refractivity contribution >= 4 is 11.7 Å². The Bertz CT molecular complexity index is 355. The van der Waals surface area contributed by atoms with Gasteiger partial charge in [0.1, 0.15) is 11.5 Å². The number of hydrogen-bond donors (Lipinski definition) is 2. The second kappa shape index (κ2) is 7.62. The predicted molar refractivity (Wildman–Crippen MR) is 66.7 cm³/mol. The summed E-state index contributed by atoms with van der Waals surface area (Å²) in [6.45, 7) is 1.42. The minimum absolute atomic E-state index is 0.177. The Labute approximate surface area is 101 Å². The van der Waals surface area contributed by atoms with E-state index in [0.29, 0.717) is 18.1 Å². The monoisotopic (exact) mass is 237 g/mol. The fourth-order valence-corrected chi connectivity index (χ4v) is 1.42. The summed E-state index contributed by atoms with van der Waals surface area (Å²) in [5, 5.41) is 2.81. The van der Waals surface area contributed by atoms with Gasteiger partial charge >= 0.3 is 0 Å². The van der Waals surface area contributed by atoms with E-state index in [0.717, 1.165) is 25.9 Å². The second-order valence-electron chi connectivity index (χ2n) is 3.76. The van der Waals surface area contributed by atoms with Gasteiger partial charge in [0.15, 0.2) is 0 Å². The minimum atomic E-state index is -0.177. The molecule has 1 rings (SSSR count). The predicted octanol–water partition coefficient (Wildman–Crippen LogP) is 1.21. The molecule has 0 saturated heterocycles. The van der Waals surface area contributed by atoms with E-state index in [4.69, 9.17) is 10.5 Å². The largest absolute Gasteiger partial charge is 0.385 e. The van der Waals surface area contributed by atoms with Crippen LogP contribution in [0.15, 0.2) is 18.2 Å². The van der Waals surface area contributed by atoms with Gasteiger partial charge in [-0.1, -0.05) is 6.07 Å². The van der Waals surface area contributed by atoms with Gasteiger partial charge in [0.25, 0.3) is 5.91 Å². The molecule has 0 fully saturated rings. The van der Waals surface area contributed by atoms with Gasteiger partial charge in [-0.15, -0.1) is 0 Å². The van der Waals surface area contributed by atoms with Gasteiger partial charge in [-0.2, -0.15) is 0 Å². The lowest BCUT2D eigenvalue weighted by atomic mass is 10.2. The van der Waals surface area contributed by atoms with E-state index in [2.05, 4.69) is 10.3 Å². The third-order valence-electron chi connectivity index (χ3n) is 2.31. The van der Waals surface area contributed by atoms with Crippen LogP contribution in [-0.2, 0) is 4.74 Å². The van der Waals surface area contributed by atoms with E-state index < -0.39 is 0 Å². The summed E-state index contributed by atoms with van der Waals surface area (Å²) >= 11 is 0. The Balaban J connectivity index is 2.21. The average Bonchev–Trinajstić information content (AvgIpc) is 2.33. The fraction of sp³-hybridized carbons (Fsp3) is 0.500. The van der Waals surface area contributed by atoms with Crippen molar-refractivity contribution in [1.82, 2.24) is 10.3 Å². The Morgan fingerprint density at radius 2 is 2.24 bits per heavy atom. The summed E-state index contributed by atoms with van der Waals surface area (Å²) in [5.74, 6) is 0.182. The molecule has 3 N–H and O–H groups in total. The number of ether oxygens (including phenoxy) is 1. The zero-order valence-corrected chi connectivity index (χ0v) is 10.1. The SMILES string of the molecule is COCCCCCNC(=O)c1cccc(N)n1. The molecule has 94 valence electrons. The molecule has 0 bridgehead atoms. The van der Waals surface area contributed by atoms with Gasteiger partial charge in [0, 0.05) is 20.3 Å². The molecule has 0 spiro atoms. The Morgan fingerprint density at radius 1 is 1.41 bits per heavy atom. The van der Waals surface area contributed by atoms with E-state index in [1.165, 1.54) is 0 Å². The highest BCUT2D eigenvalue weighted by molar-refractivity contribution is 5.92. The quantitative estimate of drug-likeness (QED) is 0.699. The van der Waals surface area contributed by atoms with Gasteiger partial charge in [-0.05, 0) is 31.4 Å². The van der Waals surface area contributed by atoms with E-state index in [9.17, 15) is 4.79 Å². The highest BCUT2D eigenvalue weighted by Crippen LogP contribution is 2.00. The highest BCUT2D eigenvalue weighted by atomic mass is 16.5. The Hall–Kier alpha value is -1.62. The molecule has 0 radical (unpaired) electrons. The topological polar surface area (TPSA) is 77.2 Å². The molecule has 1 aromatic heterocycles. The van der Waals surface area contributed by atoms with Crippen LogP contribution >= 0.6 is 0 Å². The van der Waals surface area contributed by atoms with Crippen LogP contribution in [0.3, 0.4) is 0 Å². The summed E-state index contributed by atoms with van der Waals surface area (Å²) in [6, 6.07) is 5.02. The summed E-state index contributed by atoms with van der Waals surface area (Å²) in [6.07, 6.45) is 3.00. The van der Waals surface area contributed by atoms with Crippen molar-refractivity contribution in [2.75, 3.05) is 26.0 Å². The van der Waals surface area contributed by atoms with Gasteiger partial charge in [0.2, 0.25) is 0 Å². The van der Waals surface area contributed by atoms with Crippen molar-refractivity contribution in [2.24, 2.45) is 0 Å². The third-order valence-corrected chi connectivity index (χ3v) is 2.31. The highest BCUT2D eigenvalue weighted by Gasteiger charge is 2.05. The summed E-state index contributed by atoms with van der Waals surface area (Å²) in [7, 11) is 1.69. The molecule has 0 saturated carbocycles. The number of carbonyl (C=O) groups excluding carboxylic acids is 1. The molecule has 5 nitrogen and oxygen atoms in total. The number of carbonyl (C=O) groups is 1. The maximum absolute atomic E-state index is 11.6. The zero-order chi connectivity index (χ0) is 12.5. The number of hydrogen-bond acceptors (Lipinski definition) is 4. The van der Waals surface area contributed by atoms with Crippen LogP contribution in [0.5, 0.6) is 0 Å². The van der Waals surface area contributed by atoms with Crippen molar-refractivity contribution in [3.63, 3.8) is 0 Å². The number of aromatic nitrogens is 1. The molecule has 0 aliphatic rings. The van der Waals surface area contributed by atoms with Crippen LogP contribution in [0, 0.1) is 0 Å². The van der Waals surface area contributed by atoms with Gasteiger partial charge < -0.3 is 15.8 Å². The van der Waals surface area contributed by atoms with E-state index in [-0.39, 0.29) is 5.91 Å². The number of pyridine rings is 1. The average molecular weight is 237 g/mol. The maximum atomic E-state index is 11.6. The minimum Gasteiger partial charge on any atom is -0.385 e. The number of amides is 1. The van der Waals surface area contributed by atoms with Crippen molar-refractivity contribution in [3.8, 4) is 0 Å². The number of rotatable bonds is 7. The smallest absolute Gasteiger partial charge is 0.269 e. The number of anilines is 1. The van der Waals surface area contributed by atoms with Crippen molar-refractivity contribution in [3.05, 3.63) is 23.9 Å². The van der Waals surface area contributed by atoms with Crippen molar-refractivity contribution in [1.29, 1.82) is 0 Å². The Morgan fingerprint density at radius 3 is 2.94 bits per heavy atom. The first-order valence-electron chi connectivity index (χ1n) is 5.73. The van der Waals surface area contributed by atoms with Crippen LogP contribution < -0.4 is 11.1 Å². The van der Waals surface area contributed by atoms with Gasteiger partial charge in [-0.25, -0.2) is 4.98 Å². The molecule has 0 aliphatic carbocycles. The molecule has 0 aromatic carbocycles. The molecule has 0 unspecified atom stereocenters. The van der Waals surface area contributed by atoms with Crippen LogP contribution in [0.2, 0.25) is 0 Å². The van der Waals surface area contributed by atoms with Crippen molar-refractivity contribution in [2.45, 2.75) is 19.3 Å². The van der Waals surface area contributed by atoms with Gasteiger partial charge in [-0.3, -0.25) is 4.79 Å². The first-order valence-corrected chi connectivity index (χ1v) is 5.73. The normalized spacial score (nSPS) is 10.2. The van der Waals surface area contributed by atoms with Crippen molar-refractivity contribution < 1.29 is 9.53 Å². The van der Waals surface area contributed by atoms with Crippen LogP contribution in [0.1, 0.15) is 29.8 Å². The lowest BCUT2D eigenvalue weighted by molar-refractivity contribution is 0.0948. The molecule has 1 amide bonds. The third kappa shape index (κ3) is 5.31. The zero-order valence-electron chi connectivity index (χ0n) is 10.1. The first-order chi connectivity index (χ1) is 8.24. The second-order valence-corrected chi connectivity index (χ2v) is 3.76. The molecule has 1 heterocycles. The van der Waals surface area contributed by atoms with Crippen LogP contribution in [0.4, 0.5) is 5.82 Å². The first kappa shape index (κ1) is 13.4. The number of unbranched alkanes of at least 4 members (excludes halogenated alkanes) is 2. The lowest BCUT2D eigenvalue weighted by Gasteiger charge is -2.05. The summed E-state index contributed by atoms with van der Waals surface area (Å²) < 4.78 is 4.94.